The predicted octanol–water partition coefficient (Wildman–Crippen LogP) is 3.24. The number of nitrogens with one attached hydrogen (secondary N) is 1. The molecule has 0 aliphatic carbocycles. The van der Waals surface area contributed by atoms with Crippen LogP contribution in [0.4, 0.5) is 0 Å². The SMILES string of the molecule is CC1CN(Cc2ccc(-n3cnc4ccccc43)cc2)CCN1.Cl. The van der Waals surface area contributed by atoms with E-state index in [-0.39, 0.29) is 12.4 Å². The van der Waals surface area contributed by atoms with Crippen molar-refractivity contribution in [3.63, 3.8) is 0 Å². The maximum atomic E-state index is 4.47. The first-order valence-corrected chi connectivity index (χ1v) is 8.27. The molecule has 1 aliphatic rings. The number of hydrogen-bond donors (Lipinski definition) is 1. The van der Waals surface area contributed by atoms with Crippen LogP contribution in [0.3, 0.4) is 0 Å². The molecule has 24 heavy (non-hydrogen) atoms. The average molecular weight is 343 g/mol. The predicted molar refractivity (Wildman–Crippen MR) is 101 cm³/mol. The van der Waals surface area contributed by atoms with Crippen molar-refractivity contribution < 1.29 is 0 Å². The summed E-state index contributed by atoms with van der Waals surface area (Å²) in [6, 6.07) is 17.7. The van der Waals surface area contributed by atoms with E-state index in [4.69, 9.17) is 0 Å². The van der Waals surface area contributed by atoms with E-state index in [0.29, 0.717) is 6.04 Å². The number of benzene rings is 2. The summed E-state index contributed by atoms with van der Waals surface area (Å²) in [5.74, 6) is 0. The van der Waals surface area contributed by atoms with Crippen LogP contribution in [0.2, 0.25) is 0 Å². The fourth-order valence-electron chi connectivity index (χ4n) is 3.34. The Bertz CT molecular complexity index is 796. The van der Waals surface area contributed by atoms with Gasteiger partial charge < -0.3 is 5.32 Å². The molecule has 4 rings (SSSR count). The van der Waals surface area contributed by atoms with Gasteiger partial charge in [0, 0.05) is 37.9 Å². The molecule has 0 bridgehead atoms. The van der Waals surface area contributed by atoms with Gasteiger partial charge in [0.2, 0.25) is 0 Å². The van der Waals surface area contributed by atoms with Crippen molar-refractivity contribution in [3.05, 3.63) is 60.4 Å². The Balaban J connectivity index is 0.00000169. The zero-order chi connectivity index (χ0) is 15.6. The molecule has 0 amide bonds. The third kappa shape index (κ3) is 3.46. The van der Waals surface area contributed by atoms with Gasteiger partial charge in [-0.1, -0.05) is 24.3 Å². The molecular formula is C19H23ClN4. The van der Waals surface area contributed by atoms with Crippen molar-refractivity contribution in [2.24, 2.45) is 0 Å². The minimum Gasteiger partial charge on any atom is -0.312 e. The molecule has 1 atom stereocenters. The Kier molecular flexibility index (Phi) is 5.19. The van der Waals surface area contributed by atoms with E-state index < -0.39 is 0 Å². The highest BCUT2D eigenvalue weighted by Gasteiger charge is 2.15. The fourth-order valence-corrected chi connectivity index (χ4v) is 3.34. The first kappa shape index (κ1) is 17.0. The molecule has 126 valence electrons. The summed E-state index contributed by atoms with van der Waals surface area (Å²) in [4.78, 5) is 6.98. The normalized spacial score (nSPS) is 18.5. The first-order valence-electron chi connectivity index (χ1n) is 8.27. The number of halogens is 1. The molecule has 1 fully saturated rings. The van der Waals surface area contributed by atoms with Gasteiger partial charge in [0.1, 0.15) is 6.33 Å². The summed E-state index contributed by atoms with van der Waals surface area (Å²) >= 11 is 0. The topological polar surface area (TPSA) is 33.1 Å². The molecule has 5 heteroatoms. The molecule has 0 radical (unpaired) electrons. The highest BCUT2D eigenvalue weighted by Crippen LogP contribution is 2.19. The molecule has 4 nitrogen and oxygen atoms in total. The molecule has 1 aromatic heterocycles. The zero-order valence-corrected chi connectivity index (χ0v) is 14.7. The van der Waals surface area contributed by atoms with Crippen molar-refractivity contribution in [2.45, 2.75) is 19.5 Å². The highest BCUT2D eigenvalue weighted by atomic mass is 35.5. The number of aromatic nitrogens is 2. The summed E-state index contributed by atoms with van der Waals surface area (Å²) in [5.41, 5.74) is 4.71. The summed E-state index contributed by atoms with van der Waals surface area (Å²) in [5, 5.41) is 3.49. The summed E-state index contributed by atoms with van der Waals surface area (Å²) in [6.45, 7) is 6.60. The lowest BCUT2D eigenvalue weighted by molar-refractivity contribution is 0.199. The molecule has 3 aromatic rings. The first-order chi connectivity index (χ1) is 11.3. The van der Waals surface area contributed by atoms with Crippen LogP contribution in [-0.4, -0.2) is 40.1 Å². The van der Waals surface area contributed by atoms with Crippen LogP contribution in [0.15, 0.2) is 54.9 Å². The molecule has 1 N–H and O–H groups in total. The summed E-state index contributed by atoms with van der Waals surface area (Å²) in [6.07, 6.45) is 1.90. The summed E-state index contributed by atoms with van der Waals surface area (Å²) < 4.78 is 2.14. The second-order valence-electron chi connectivity index (χ2n) is 6.36. The summed E-state index contributed by atoms with van der Waals surface area (Å²) in [7, 11) is 0. The third-order valence-electron chi connectivity index (χ3n) is 4.53. The van der Waals surface area contributed by atoms with Crippen molar-refractivity contribution in [1.29, 1.82) is 0 Å². The van der Waals surface area contributed by atoms with Gasteiger partial charge in [-0.05, 0) is 36.8 Å². The van der Waals surface area contributed by atoms with E-state index in [1.54, 1.807) is 0 Å². The van der Waals surface area contributed by atoms with Crippen LogP contribution in [0.1, 0.15) is 12.5 Å². The van der Waals surface area contributed by atoms with E-state index in [9.17, 15) is 0 Å². The Morgan fingerprint density at radius 2 is 1.92 bits per heavy atom. The van der Waals surface area contributed by atoms with Crippen LogP contribution in [0, 0.1) is 0 Å². The largest absolute Gasteiger partial charge is 0.312 e. The maximum Gasteiger partial charge on any atom is 0.100 e. The van der Waals surface area contributed by atoms with Crippen molar-refractivity contribution in [3.8, 4) is 5.69 Å². The Labute approximate surface area is 148 Å². The smallest absolute Gasteiger partial charge is 0.100 e. The van der Waals surface area contributed by atoms with E-state index in [0.717, 1.165) is 42.9 Å². The number of nitrogens with zero attached hydrogens (tertiary/aromatic N) is 3. The number of fused-ring (bicyclic) bond motifs is 1. The monoisotopic (exact) mass is 342 g/mol. The minimum atomic E-state index is 0. The van der Waals surface area contributed by atoms with Gasteiger partial charge in [0.05, 0.1) is 11.0 Å². The molecule has 1 saturated heterocycles. The van der Waals surface area contributed by atoms with E-state index >= 15 is 0 Å². The van der Waals surface area contributed by atoms with Gasteiger partial charge in [-0.2, -0.15) is 0 Å². The van der Waals surface area contributed by atoms with Crippen LogP contribution >= 0.6 is 12.4 Å². The van der Waals surface area contributed by atoms with Gasteiger partial charge in [-0.25, -0.2) is 4.98 Å². The van der Waals surface area contributed by atoms with Crippen LogP contribution < -0.4 is 5.32 Å². The third-order valence-corrected chi connectivity index (χ3v) is 4.53. The second-order valence-corrected chi connectivity index (χ2v) is 6.36. The zero-order valence-electron chi connectivity index (χ0n) is 13.9. The molecule has 0 saturated carbocycles. The highest BCUT2D eigenvalue weighted by molar-refractivity contribution is 5.85. The van der Waals surface area contributed by atoms with Gasteiger partial charge in [-0.3, -0.25) is 9.47 Å². The molecule has 0 spiro atoms. The van der Waals surface area contributed by atoms with Gasteiger partial charge in [-0.15, -0.1) is 12.4 Å². The molecular weight excluding hydrogens is 320 g/mol. The number of imidazole rings is 1. The van der Waals surface area contributed by atoms with Crippen molar-refractivity contribution >= 4 is 23.4 Å². The molecule has 2 aromatic carbocycles. The fraction of sp³-hybridized carbons (Fsp3) is 0.316. The quantitative estimate of drug-likeness (QED) is 0.793. The number of rotatable bonds is 3. The number of para-hydroxylation sites is 2. The van der Waals surface area contributed by atoms with Gasteiger partial charge >= 0.3 is 0 Å². The van der Waals surface area contributed by atoms with Crippen LogP contribution in [-0.2, 0) is 6.54 Å². The Morgan fingerprint density at radius 1 is 1.12 bits per heavy atom. The number of piperazine rings is 1. The Hall–Kier alpha value is -1.88. The maximum absolute atomic E-state index is 4.47. The van der Waals surface area contributed by atoms with Gasteiger partial charge in [0.15, 0.2) is 0 Å². The average Bonchev–Trinajstić information content (AvgIpc) is 3.00. The van der Waals surface area contributed by atoms with Crippen LogP contribution in [0.5, 0.6) is 0 Å². The molecule has 1 aliphatic heterocycles. The lowest BCUT2D eigenvalue weighted by Crippen LogP contribution is -2.48. The Morgan fingerprint density at radius 3 is 2.71 bits per heavy atom. The minimum absolute atomic E-state index is 0. The molecule has 1 unspecified atom stereocenters. The lowest BCUT2D eigenvalue weighted by atomic mass is 10.1. The number of hydrogen-bond acceptors (Lipinski definition) is 3. The van der Waals surface area contributed by atoms with E-state index in [1.165, 1.54) is 5.56 Å². The lowest BCUT2D eigenvalue weighted by Gasteiger charge is -2.31. The van der Waals surface area contributed by atoms with E-state index in [2.05, 4.69) is 63.1 Å². The van der Waals surface area contributed by atoms with E-state index in [1.807, 2.05) is 18.5 Å². The second kappa shape index (κ2) is 7.34. The standard InChI is InChI=1S/C19H22N4.ClH/c1-15-12-22(11-10-20-15)13-16-6-8-17(9-7-16)23-14-21-18-4-2-3-5-19(18)23;/h2-9,14-15,20H,10-13H2,1H3;1H. The van der Waals surface area contributed by atoms with Crippen molar-refractivity contribution in [2.75, 3.05) is 19.6 Å². The van der Waals surface area contributed by atoms with Crippen LogP contribution in [0.25, 0.3) is 16.7 Å². The molecule has 2 heterocycles. The van der Waals surface area contributed by atoms with Gasteiger partial charge in [0.25, 0.3) is 0 Å². The van der Waals surface area contributed by atoms with Crippen molar-refractivity contribution in [1.82, 2.24) is 19.8 Å².